The van der Waals surface area contributed by atoms with Gasteiger partial charge in [0, 0.05) is 24.4 Å². The second kappa shape index (κ2) is 7.07. The summed E-state index contributed by atoms with van der Waals surface area (Å²) in [6, 6.07) is 1.92. The van der Waals surface area contributed by atoms with Crippen LogP contribution in [0, 0.1) is 11.3 Å². The molecule has 22 heavy (non-hydrogen) atoms. The van der Waals surface area contributed by atoms with Gasteiger partial charge in [0.15, 0.2) is 5.25 Å². The molecule has 2 atom stereocenters. The van der Waals surface area contributed by atoms with Gasteiger partial charge in [-0.2, -0.15) is 5.26 Å². The van der Waals surface area contributed by atoms with Crippen LogP contribution in [-0.4, -0.2) is 36.0 Å². The van der Waals surface area contributed by atoms with E-state index in [4.69, 9.17) is 5.26 Å². The highest BCUT2D eigenvalue weighted by Gasteiger charge is 2.35. The lowest BCUT2D eigenvalue weighted by molar-refractivity contribution is 0.313. The third kappa shape index (κ3) is 3.50. The Labute approximate surface area is 137 Å². The third-order valence-electron chi connectivity index (χ3n) is 4.10. The molecule has 122 valence electrons. The summed E-state index contributed by atoms with van der Waals surface area (Å²) in [6.07, 6.45) is 2.11. The van der Waals surface area contributed by atoms with E-state index in [0.29, 0.717) is 25.4 Å². The smallest absolute Gasteiger partial charge is 0.230 e. The minimum absolute atomic E-state index is 0.150. The molecule has 1 aromatic heterocycles. The van der Waals surface area contributed by atoms with Crippen molar-refractivity contribution in [2.24, 2.45) is 0 Å². The molecule has 2 unspecified atom stereocenters. The van der Waals surface area contributed by atoms with Gasteiger partial charge in [-0.3, -0.25) is 0 Å². The Morgan fingerprint density at radius 1 is 1.55 bits per heavy atom. The zero-order valence-electron chi connectivity index (χ0n) is 13.3. The molecular weight excluding hydrogens is 318 g/mol. The summed E-state index contributed by atoms with van der Waals surface area (Å²) in [7, 11) is -3.53. The van der Waals surface area contributed by atoms with Crippen molar-refractivity contribution in [1.82, 2.24) is 9.29 Å². The second-order valence-electron chi connectivity index (χ2n) is 6.03. The van der Waals surface area contributed by atoms with Crippen LogP contribution in [0.5, 0.6) is 0 Å². The highest BCUT2D eigenvalue weighted by Crippen LogP contribution is 2.32. The molecule has 2 rings (SSSR count). The van der Waals surface area contributed by atoms with E-state index in [-0.39, 0.29) is 5.92 Å². The number of nitrogens with zero attached hydrogens (tertiary/aromatic N) is 3. The lowest BCUT2D eigenvalue weighted by Gasteiger charge is -2.32. The molecule has 7 heteroatoms. The maximum absolute atomic E-state index is 12.5. The number of piperidine rings is 1. The first kappa shape index (κ1) is 17.4. The first-order valence-electron chi connectivity index (χ1n) is 7.74. The van der Waals surface area contributed by atoms with E-state index in [0.717, 1.165) is 23.5 Å². The van der Waals surface area contributed by atoms with Crippen molar-refractivity contribution in [2.45, 2.75) is 57.1 Å². The summed E-state index contributed by atoms with van der Waals surface area (Å²) >= 11 is 1.62. The first-order valence-corrected chi connectivity index (χ1v) is 10.1. The Morgan fingerprint density at radius 2 is 2.27 bits per heavy atom. The van der Waals surface area contributed by atoms with Crippen LogP contribution in [0.1, 0.15) is 62.6 Å². The molecule has 0 spiro atoms. The Kier molecular flexibility index (Phi) is 5.59. The zero-order valence-corrected chi connectivity index (χ0v) is 15.0. The van der Waals surface area contributed by atoms with E-state index in [2.05, 4.69) is 24.2 Å². The average molecular weight is 342 g/mol. The van der Waals surface area contributed by atoms with Gasteiger partial charge >= 0.3 is 0 Å². The molecule has 2 heterocycles. The standard InChI is InChI=1S/C15H23N3O2S2/c1-4-13(8-16)22(19,20)18-7-5-6-12(9-18)15-17-14(10-21-15)11(2)3/h10-13H,4-7,9H2,1-3H3. The predicted octanol–water partition coefficient (Wildman–Crippen LogP) is 3.08. The summed E-state index contributed by atoms with van der Waals surface area (Å²) in [5.74, 6) is 0.536. The van der Waals surface area contributed by atoms with Crippen LogP contribution in [0.3, 0.4) is 0 Å². The van der Waals surface area contributed by atoms with Gasteiger partial charge in [0.05, 0.1) is 16.8 Å². The van der Waals surface area contributed by atoms with Gasteiger partial charge in [0.1, 0.15) is 0 Å². The molecule has 1 aliphatic heterocycles. The SMILES string of the molecule is CCC(C#N)S(=O)(=O)N1CCCC(c2nc(C(C)C)cs2)C1. The monoisotopic (exact) mass is 341 g/mol. The minimum atomic E-state index is -3.53. The summed E-state index contributed by atoms with van der Waals surface area (Å²) in [4.78, 5) is 4.67. The van der Waals surface area contributed by atoms with E-state index in [1.54, 1.807) is 18.3 Å². The van der Waals surface area contributed by atoms with E-state index in [1.165, 1.54) is 4.31 Å². The van der Waals surface area contributed by atoms with Crippen LogP contribution in [0.4, 0.5) is 0 Å². The number of sulfonamides is 1. The van der Waals surface area contributed by atoms with Gasteiger partial charge in [0.25, 0.3) is 0 Å². The van der Waals surface area contributed by atoms with E-state index >= 15 is 0 Å². The van der Waals surface area contributed by atoms with Crippen molar-refractivity contribution in [3.63, 3.8) is 0 Å². The van der Waals surface area contributed by atoms with Crippen molar-refractivity contribution in [1.29, 1.82) is 5.26 Å². The minimum Gasteiger partial charge on any atom is -0.246 e. The molecule has 1 fully saturated rings. The van der Waals surface area contributed by atoms with Gasteiger partial charge in [-0.1, -0.05) is 20.8 Å². The van der Waals surface area contributed by atoms with Crippen LogP contribution < -0.4 is 0 Å². The fourth-order valence-corrected chi connectivity index (χ4v) is 5.47. The number of nitriles is 1. The van der Waals surface area contributed by atoms with Gasteiger partial charge in [-0.05, 0) is 25.2 Å². The van der Waals surface area contributed by atoms with Crippen molar-refractivity contribution < 1.29 is 8.42 Å². The van der Waals surface area contributed by atoms with Gasteiger partial charge < -0.3 is 0 Å². The van der Waals surface area contributed by atoms with Crippen molar-refractivity contribution in [3.05, 3.63) is 16.1 Å². The molecular formula is C15H23N3O2S2. The lowest BCUT2D eigenvalue weighted by atomic mass is 10.0. The topological polar surface area (TPSA) is 74.1 Å². The molecule has 1 aliphatic rings. The van der Waals surface area contributed by atoms with Gasteiger partial charge in [0.2, 0.25) is 10.0 Å². The molecule has 0 aliphatic carbocycles. The van der Waals surface area contributed by atoms with Crippen molar-refractivity contribution >= 4 is 21.4 Å². The Morgan fingerprint density at radius 3 is 2.82 bits per heavy atom. The van der Waals surface area contributed by atoms with Crippen LogP contribution in [-0.2, 0) is 10.0 Å². The average Bonchev–Trinajstić information content (AvgIpc) is 2.98. The Bertz CT molecular complexity index is 646. The third-order valence-corrected chi connectivity index (χ3v) is 7.33. The maximum atomic E-state index is 12.5. The first-order chi connectivity index (χ1) is 10.4. The molecule has 5 nitrogen and oxygen atoms in total. The highest BCUT2D eigenvalue weighted by atomic mass is 32.2. The fourth-order valence-electron chi connectivity index (χ4n) is 2.68. The summed E-state index contributed by atoms with van der Waals surface area (Å²) in [5, 5.41) is 11.2. The highest BCUT2D eigenvalue weighted by molar-refractivity contribution is 7.90. The number of rotatable bonds is 5. The van der Waals surface area contributed by atoms with E-state index in [1.807, 2.05) is 6.07 Å². The molecule has 0 radical (unpaired) electrons. The predicted molar refractivity (Wildman–Crippen MR) is 88.4 cm³/mol. The number of thiazole rings is 1. The molecule has 0 amide bonds. The molecule has 0 saturated carbocycles. The summed E-state index contributed by atoms with van der Waals surface area (Å²) in [6.45, 7) is 6.91. The van der Waals surface area contributed by atoms with Gasteiger partial charge in [-0.25, -0.2) is 17.7 Å². The molecule has 0 N–H and O–H groups in total. The molecule has 1 aromatic rings. The number of hydrogen-bond donors (Lipinski definition) is 0. The zero-order chi connectivity index (χ0) is 16.3. The Balaban J connectivity index is 2.16. The quantitative estimate of drug-likeness (QED) is 0.825. The number of hydrogen-bond acceptors (Lipinski definition) is 5. The van der Waals surface area contributed by atoms with Crippen molar-refractivity contribution in [3.8, 4) is 6.07 Å². The Hall–Kier alpha value is -0.970. The van der Waals surface area contributed by atoms with Crippen LogP contribution in [0.15, 0.2) is 5.38 Å². The van der Waals surface area contributed by atoms with Crippen LogP contribution in [0.25, 0.3) is 0 Å². The van der Waals surface area contributed by atoms with Crippen molar-refractivity contribution in [2.75, 3.05) is 13.1 Å². The maximum Gasteiger partial charge on any atom is 0.230 e. The summed E-state index contributed by atoms with van der Waals surface area (Å²) < 4.78 is 26.5. The van der Waals surface area contributed by atoms with Crippen LogP contribution in [0.2, 0.25) is 0 Å². The molecule has 0 aromatic carbocycles. The number of aromatic nitrogens is 1. The fraction of sp³-hybridized carbons (Fsp3) is 0.733. The largest absolute Gasteiger partial charge is 0.246 e. The summed E-state index contributed by atoms with van der Waals surface area (Å²) in [5.41, 5.74) is 1.07. The van der Waals surface area contributed by atoms with Gasteiger partial charge in [-0.15, -0.1) is 11.3 Å². The molecule has 1 saturated heterocycles. The lowest BCUT2D eigenvalue weighted by Crippen LogP contribution is -2.43. The van der Waals surface area contributed by atoms with E-state index < -0.39 is 15.3 Å². The van der Waals surface area contributed by atoms with Crippen LogP contribution >= 0.6 is 11.3 Å². The van der Waals surface area contributed by atoms with E-state index in [9.17, 15) is 8.42 Å². The second-order valence-corrected chi connectivity index (χ2v) is 9.04. The normalized spacial score (nSPS) is 21.7. The molecule has 0 bridgehead atoms.